The van der Waals surface area contributed by atoms with Gasteiger partial charge in [-0.3, -0.25) is 9.69 Å². The maximum atomic E-state index is 12.8. The first-order valence-corrected chi connectivity index (χ1v) is 9.29. The van der Waals surface area contributed by atoms with E-state index in [1.54, 1.807) is 0 Å². The van der Waals surface area contributed by atoms with Crippen LogP contribution in [0.2, 0.25) is 0 Å². The van der Waals surface area contributed by atoms with Crippen LogP contribution < -0.4 is 0 Å². The molecule has 1 unspecified atom stereocenters. The van der Waals surface area contributed by atoms with Crippen LogP contribution in [0.3, 0.4) is 0 Å². The minimum absolute atomic E-state index is 0.183. The van der Waals surface area contributed by atoms with Crippen molar-refractivity contribution in [2.24, 2.45) is 0 Å². The monoisotopic (exact) mass is 330 g/mol. The zero-order valence-electron chi connectivity index (χ0n) is 15.0. The number of β-amino-alcohol motifs (C(OH)–C–C–N with tert-alkyl or cyclic N) is 1. The Morgan fingerprint density at radius 2 is 1.83 bits per heavy atom. The molecule has 1 heterocycles. The summed E-state index contributed by atoms with van der Waals surface area (Å²) in [5.41, 5.74) is 3.77. The van der Waals surface area contributed by atoms with Crippen molar-refractivity contribution < 1.29 is 9.90 Å². The number of amides is 1. The Balaban J connectivity index is 1.67. The molecule has 1 aliphatic heterocycles. The minimum atomic E-state index is -0.454. The Morgan fingerprint density at radius 1 is 1.08 bits per heavy atom. The van der Waals surface area contributed by atoms with Gasteiger partial charge >= 0.3 is 0 Å². The lowest BCUT2D eigenvalue weighted by Crippen LogP contribution is -2.45. The maximum Gasteiger partial charge on any atom is 0.237 e. The second kappa shape index (κ2) is 7.66. The number of aliphatic hydroxyl groups excluding tert-OH is 1. The fourth-order valence-electron chi connectivity index (χ4n) is 4.06. The van der Waals surface area contributed by atoms with Gasteiger partial charge in [-0.05, 0) is 43.4 Å². The molecular weight excluding hydrogens is 300 g/mol. The smallest absolute Gasteiger partial charge is 0.237 e. The normalized spacial score (nSPS) is 24.2. The molecule has 1 saturated heterocycles. The number of aryl methyl sites for hydroxylation is 2. The highest BCUT2D eigenvalue weighted by atomic mass is 16.3. The number of hydrogen-bond donors (Lipinski definition) is 1. The summed E-state index contributed by atoms with van der Waals surface area (Å²) < 4.78 is 0. The van der Waals surface area contributed by atoms with Gasteiger partial charge in [0.2, 0.25) is 5.91 Å². The van der Waals surface area contributed by atoms with Crippen molar-refractivity contribution in [3.05, 3.63) is 34.9 Å². The molecule has 1 aromatic rings. The van der Waals surface area contributed by atoms with Crippen molar-refractivity contribution in [3.63, 3.8) is 0 Å². The topological polar surface area (TPSA) is 43.8 Å². The lowest BCUT2D eigenvalue weighted by molar-refractivity contribution is -0.134. The van der Waals surface area contributed by atoms with Crippen molar-refractivity contribution in [3.8, 4) is 0 Å². The Kier molecular flexibility index (Phi) is 5.57. The van der Waals surface area contributed by atoms with Gasteiger partial charge in [-0.2, -0.15) is 0 Å². The molecule has 2 fully saturated rings. The van der Waals surface area contributed by atoms with Gasteiger partial charge in [0, 0.05) is 25.7 Å². The lowest BCUT2D eigenvalue weighted by Gasteiger charge is -2.34. The molecule has 0 spiro atoms. The van der Waals surface area contributed by atoms with E-state index in [0.717, 1.165) is 19.4 Å². The van der Waals surface area contributed by atoms with Crippen molar-refractivity contribution in [1.29, 1.82) is 0 Å². The molecule has 0 aromatic heterocycles. The van der Waals surface area contributed by atoms with Crippen LogP contribution in [0.1, 0.15) is 48.8 Å². The number of benzene rings is 1. The van der Waals surface area contributed by atoms with E-state index in [4.69, 9.17) is 0 Å². The largest absolute Gasteiger partial charge is 0.390 e. The Bertz CT molecular complexity index is 581. The van der Waals surface area contributed by atoms with E-state index in [1.165, 1.54) is 36.0 Å². The standard InChI is InChI=1S/C20H30N2O2/c1-15-8-9-17(10-16(15)2)11-21-12-19(23)13-22(20(24)14-21)18-6-4-3-5-7-18/h8-10,18-19,23H,3-7,11-14H2,1-2H3. The lowest BCUT2D eigenvalue weighted by atomic mass is 9.94. The number of hydrogen-bond acceptors (Lipinski definition) is 3. The number of rotatable bonds is 3. The molecular formula is C20H30N2O2. The van der Waals surface area contributed by atoms with E-state index in [9.17, 15) is 9.90 Å². The first kappa shape index (κ1) is 17.4. The minimum Gasteiger partial charge on any atom is -0.390 e. The van der Waals surface area contributed by atoms with Crippen molar-refractivity contribution in [2.45, 2.75) is 64.6 Å². The fraction of sp³-hybridized carbons (Fsp3) is 0.650. The van der Waals surface area contributed by atoms with Crippen LogP contribution in [-0.4, -0.2) is 52.6 Å². The second-order valence-electron chi connectivity index (χ2n) is 7.58. The summed E-state index contributed by atoms with van der Waals surface area (Å²) in [5, 5.41) is 10.4. The summed E-state index contributed by atoms with van der Waals surface area (Å²) in [4.78, 5) is 16.8. The number of carbonyl (C=O) groups excluding carboxylic acids is 1. The third-order valence-electron chi connectivity index (χ3n) is 5.55. The Labute approximate surface area is 145 Å². The van der Waals surface area contributed by atoms with Crippen LogP contribution in [0.5, 0.6) is 0 Å². The van der Waals surface area contributed by atoms with Gasteiger partial charge in [0.15, 0.2) is 0 Å². The van der Waals surface area contributed by atoms with Crippen LogP contribution in [0.4, 0.5) is 0 Å². The predicted molar refractivity (Wildman–Crippen MR) is 95.8 cm³/mol. The fourth-order valence-corrected chi connectivity index (χ4v) is 4.06. The van der Waals surface area contributed by atoms with Crippen molar-refractivity contribution >= 4 is 5.91 Å². The summed E-state index contributed by atoms with van der Waals surface area (Å²) in [6.45, 7) is 6.43. The third-order valence-corrected chi connectivity index (χ3v) is 5.55. The Hall–Kier alpha value is -1.39. The molecule has 0 bridgehead atoms. The van der Waals surface area contributed by atoms with Gasteiger partial charge < -0.3 is 10.0 Å². The molecule has 132 valence electrons. The average Bonchev–Trinajstić information content (AvgIpc) is 2.70. The van der Waals surface area contributed by atoms with Gasteiger partial charge in [0.05, 0.1) is 12.6 Å². The average molecular weight is 330 g/mol. The van der Waals surface area contributed by atoms with Crippen molar-refractivity contribution in [2.75, 3.05) is 19.6 Å². The molecule has 1 saturated carbocycles. The van der Waals surface area contributed by atoms with Gasteiger partial charge in [-0.1, -0.05) is 37.5 Å². The molecule has 1 atom stereocenters. The maximum absolute atomic E-state index is 12.8. The van der Waals surface area contributed by atoms with Crippen LogP contribution in [0.15, 0.2) is 18.2 Å². The third kappa shape index (κ3) is 4.17. The van der Waals surface area contributed by atoms with E-state index in [1.807, 2.05) is 4.90 Å². The first-order valence-electron chi connectivity index (χ1n) is 9.29. The van der Waals surface area contributed by atoms with Gasteiger partial charge in [0.1, 0.15) is 0 Å². The summed E-state index contributed by atoms with van der Waals surface area (Å²) in [7, 11) is 0. The van der Waals surface area contributed by atoms with Crippen molar-refractivity contribution in [1.82, 2.24) is 9.80 Å². The molecule has 24 heavy (non-hydrogen) atoms. The van der Waals surface area contributed by atoms with Crippen LogP contribution in [0, 0.1) is 13.8 Å². The van der Waals surface area contributed by atoms with E-state index < -0.39 is 6.10 Å². The van der Waals surface area contributed by atoms with Crippen LogP contribution >= 0.6 is 0 Å². The van der Waals surface area contributed by atoms with Gasteiger partial charge in [-0.25, -0.2) is 0 Å². The van der Waals surface area contributed by atoms with E-state index in [-0.39, 0.29) is 5.91 Å². The number of carbonyl (C=O) groups is 1. The molecule has 1 amide bonds. The number of nitrogens with zero attached hydrogens (tertiary/aromatic N) is 2. The molecule has 0 radical (unpaired) electrons. The first-order chi connectivity index (χ1) is 11.5. The summed E-state index contributed by atoms with van der Waals surface area (Å²) in [6.07, 6.45) is 5.42. The van der Waals surface area contributed by atoms with Gasteiger partial charge in [-0.15, -0.1) is 0 Å². The molecule has 1 aromatic carbocycles. The molecule has 4 nitrogen and oxygen atoms in total. The molecule has 1 aliphatic carbocycles. The molecule has 2 aliphatic rings. The second-order valence-corrected chi connectivity index (χ2v) is 7.58. The summed E-state index contributed by atoms with van der Waals surface area (Å²) in [5.74, 6) is 0.183. The molecule has 1 N–H and O–H groups in total. The predicted octanol–water partition coefficient (Wildman–Crippen LogP) is 2.64. The van der Waals surface area contributed by atoms with Crippen LogP contribution in [0.25, 0.3) is 0 Å². The van der Waals surface area contributed by atoms with E-state index >= 15 is 0 Å². The highest BCUT2D eigenvalue weighted by Crippen LogP contribution is 2.24. The highest BCUT2D eigenvalue weighted by Gasteiger charge is 2.31. The zero-order valence-corrected chi connectivity index (χ0v) is 15.0. The molecule has 4 heteroatoms. The van der Waals surface area contributed by atoms with Gasteiger partial charge in [0.25, 0.3) is 0 Å². The van der Waals surface area contributed by atoms with E-state index in [2.05, 4.69) is 36.9 Å². The SMILES string of the molecule is Cc1ccc(CN2CC(=O)N(C3CCCCC3)CC(O)C2)cc1C. The molecule has 3 rings (SSSR count). The summed E-state index contributed by atoms with van der Waals surface area (Å²) in [6, 6.07) is 6.79. The highest BCUT2D eigenvalue weighted by molar-refractivity contribution is 5.79. The number of aliphatic hydroxyl groups is 1. The summed E-state index contributed by atoms with van der Waals surface area (Å²) >= 11 is 0. The quantitative estimate of drug-likeness (QED) is 0.926. The Morgan fingerprint density at radius 3 is 2.54 bits per heavy atom. The van der Waals surface area contributed by atoms with E-state index in [0.29, 0.717) is 25.7 Å². The zero-order chi connectivity index (χ0) is 17.1. The van der Waals surface area contributed by atoms with Crippen LogP contribution in [-0.2, 0) is 11.3 Å².